The molecule has 6 nitrogen and oxygen atoms in total. The van der Waals surface area contributed by atoms with Gasteiger partial charge in [0.2, 0.25) is 0 Å². The van der Waals surface area contributed by atoms with Gasteiger partial charge in [-0.05, 0) is 29.2 Å². The number of methoxy groups -OCH3 is 1. The number of hydrogen-bond donors (Lipinski definition) is 1. The average Bonchev–Trinajstić information content (AvgIpc) is 2.78. The molecule has 82 valence electrons. The van der Waals surface area contributed by atoms with Gasteiger partial charge in [-0.25, -0.2) is 4.98 Å². The van der Waals surface area contributed by atoms with Crippen LogP contribution in [0.1, 0.15) is 0 Å². The molecule has 0 aliphatic rings. The van der Waals surface area contributed by atoms with Crippen LogP contribution >= 0.6 is 0 Å². The molecule has 0 spiro atoms. The van der Waals surface area contributed by atoms with E-state index in [4.69, 9.17) is 4.74 Å². The first kappa shape index (κ1) is 10.2. The maximum absolute atomic E-state index is 10.4. The van der Waals surface area contributed by atoms with E-state index >= 15 is 0 Å². The van der Waals surface area contributed by atoms with Crippen molar-refractivity contribution < 1.29 is 9.66 Å². The topological polar surface area (TPSA) is 81.1 Å². The van der Waals surface area contributed by atoms with Crippen molar-refractivity contribution >= 4 is 5.95 Å². The summed E-state index contributed by atoms with van der Waals surface area (Å²) in [7, 11) is 1.58. The zero-order valence-corrected chi connectivity index (χ0v) is 8.51. The molecular formula is C10H9N3O3. The molecule has 0 amide bonds. The molecular weight excluding hydrogens is 210 g/mol. The molecule has 0 bridgehead atoms. The second-order valence-corrected chi connectivity index (χ2v) is 3.11. The van der Waals surface area contributed by atoms with Crippen LogP contribution in [0.3, 0.4) is 0 Å². The lowest BCUT2D eigenvalue weighted by Crippen LogP contribution is -1.89. The average molecular weight is 219 g/mol. The summed E-state index contributed by atoms with van der Waals surface area (Å²) in [5.74, 6) is 0.476. The van der Waals surface area contributed by atoms with E-state index in [9.17, 15) is 10.1 Å². The number of nitrogens with zero attached hydrogens (tertiary/aromatic N) is 2. The molecule has 1 N–H and O–H groups in total. The monoisotopic (exact) mass is 219 g/mol. The van der Waals surface area contributed by atoms with Crippen molar-refractivity contribution in [1.29, 1.82) is 0 Å². The van der Waals surface area contributed by atoms with E-state index in [0.717, 1.165) is 11.3 Å². The first-order chi connectivity index (χ1) is 7.70. The SMILES string of the molecule is COc1ccc(-c2cnc([N+](=O)[O-])[nH]2)cc1. The lowest BCUT2D eigenvalue weighted by molar-refractivity contribution is -0.393. The molecule has 0 aliphatic heterocycles. The van der Waals surface area contributed by atoms with Gasteiger partial charge in [0, 0.05) is 5.56 Å². The van der Waals surface area contributed by atoms with Crippen LogP contribution in [0.2, 0.25) is 0 Å². The third kappa shape index (κ3) is 1.85. The summed E-state index contributed by atoms with van der Waals surface area (Å²) in [5, 5.41) is 10.4. The van der Waals surface area contributed by atoms with Crippen LogP contribution in [0.5, 0.6) is 5.75 Å². The van der Waals surface area contributed by atoms with Gasteiger partial charge in [0.1, 0.15) is 17.6 Å². The maximum atomic E-state index is 10.4. The number of H-pyrrole nitrogens is 1. The molecule has 16 heavy (non-hydrogen) atoms. The number of aromatic nitrogens is 2. The molecule has 2 aromatic rings. The fourth-order valence-corrected chi connectivity index (χ4v) is 1.32. The highest BCUT2D eigenvalue weighted by atomic mass is 16.6. The second-order valence-electron chi connectivity index (χ2n) is 3.11. The van der Waals surface area contributed by atoms with Gasteiger partial charge in [0.25, 0.3) is 0 Å². The van der Waals surface area contributed by atoms with Gasteiger partial charge in [-0.2, -0.15) is 0 Å². The van der Waals surface area contributed by atoms with Crippen LogP contribution in [0.25, 0.3) is 11.3 Å². The summed E-state index contributed by atoms with van der Waals surface area (Å²) in [6.07, 6.45) is 1.43. The molecule has 0 unspecified atom stereocenters. The maximum Gasteiger partial charge on any atom is 0.432 e. The Hall–Kier alpha value is -2.37. The van der Waals surface area contributed by atoms with Crippen LogP contribution in [-0.2, 0) is 0 Å². The summed E-state index contributed by atoms with van der Waals surface area (Å²) in [4.78, 5) is 16.1. The molecule has 0 saturated carbocycles. The van der Waals surface area contributed by atoms with E-state index in [0.29, 0.717) is 5.69 Å². The van der Waals surface area contributed by atoms with Crippen molar-refractivity contribution in [2.45, 2.75) is 0 Å². The Morgan fingerprint density at radius 3 is 2.56 bits per heavy atom. The summed E-state index contributed by atoms with van der Waals surface area (Å²) < 4.78 is 5.01. The Labute approximate surface area is 91.0 Å². The quantitative estimate of drug-likeness (QED) is 0.632. The van der Waals surface area contributed by atoms with E-state index in [2.05, 4.69) is 9.97 Å². The van der Waals surface area contributed by atoms with Gasteiger partial charge >= 0.3 is 5.95 Å². The van der Waals surface area contributed by atoms with Crippen LogP contribution < -0.4 is 4.74 Å². The van der Waals surface area contributed by atoms with Crippen LogP contribution in [-0.4, -0.2) is 22.0 Å². The molecule has 2 rings (SSSR count). The molecule has 6 heteroatoms. The van der Waals surface area contributed by atoms with Crippen molar-refractivity contribution in [2.24, 2.45) is 0 Å². The fraction of sp³-hybridized carbons (Fsp3) is 0.100. The summed E-state index contributed by atoms with van der Waals surface area (Å²) in [5.41, 5.74) is 1.43. The van der Waals surface area contributed by atoms with Gasteiger partial charge < -0.3 is 14.9 Å². The van der Waals surface area contributed by atoms with Gasteiger partial charge in [-0.1, -0.05) is 4.98 Å². The minimum Gasteiger partial charge on any atom is -0.497 e. The molecule has 1 heterocycles. The van der Waals surface area contributed by atoms with E-state index < -0.39 is 4.92 Å². The predicted molar refractivity (Wildman–Crippen MR) is 57.2 cm³/mol. The number of benzene rings is 1. The third-order valence-electron chi connectivity index (χ3n) is 2.14. The Bertz CT molecular complexity index is 504. The Kier molecular flexibility index (Phi) is 2.55. The molecule has 0 fully saturated rings. The highest BCUT2D eigenvalue weighted by Gasteiger charge is 2.12. The second kappa shape index (κ2) is 4.01. The van der Waals surface area contributed by atoms with Gasteiger partial charge in [-0.3, -0.25) is 0 Å². The van der Waals surface area contributed by atoms with Crippen LogP contribution in [0, 0.1) is 10.1 Å². The summed E-state index contributed by atoms with van der Waals surface area (Å²) >= 11 is 0. The molecule has 0 saturated heterocycles. The van der Waals surface area contributed by atoms with E-state index in [1.807, 2.05) is 0 Å². The third-order valence-corrected chi connectivity index (χ3v) is 2.14. The highest BCUT2D eigenvalue weighted by Crippen LogP contribution is 2.21. The fourth-order valence-electron chi connectivity index (χ4n) is 1.32. The molecule has 1 aromatic carbocycles. The lowest BCUT2D eigenvalue weighted by Gasteiger charge is -1.99. The van der Waals surface area contributed by atoms with Gasteiger partial charge in [0.05, 0.1) is 7.11 Å². The van der Waals surface area contributed by atoms with Crippen molar-refractivity contribution in [3.05, 3.63) is 40.6 Å². The zero-order valence-electron chi connectivity index (χ0n) is 8.51. The number of nitro groups is 1. The number of aromatic amines is 1. The number of ether oxygens (including phenoxy) is 1. The molecule has 0 radical (unpaired) electrons. The minimum absolute atomic E-state index is 0.259. The van der Waals surface area contributed by atoms with Crippen LogP contribution in [0.4, 0.5) is 5.95 Å². The van der Waals surface area contributed by atoms with Crippen LogP contribution in [0.15, 0.2) is 30.5 Å². The predicted octanol–water partition coefficient (Wildman–Crippen LogP) is 1.99. The van der Waals surface area contributed by atoms with E-state index in [-0.39, 0.29) is 5.95 Å². The molecule has 0 aliphatic carbocycles. The van der Waals surface area contributed by atoms with E-state index in [1.54, 1.807) is 31.4 Å². The summed E-state index contributed by atoms with van der Waals surface area (Å²) in [6, 6.07) is 7.16. The first-order valence-corrected chi connectivity index (χ1v) is 4.54. The number of rotatable bonds is 3. The van der Waals surface area contributed by atoms with Gasteiger partial charge in [-0.15, -0.1) is 0 Å². The lowest BCUT2D eigenvalue weighted by atomic mass is 10.2. The number of nitrogens with one attached hydrogen (secondary N) is 1. The largest absolute Gasteiger partial charge is 0.497 e. The standard InChI is InChI=1S/C10H9N3O3/c1-16-8-4-2-7(3-5-8)9-6-11-10(12-9)13(14)15/h2-6H,1H3,(H,11,12). The Morgan fingerprint density at radius 1 is 1.38 bits per heavy atom. The molecule has 0 atom stereocenters. The Balaban J connectivity index is 2.31. The van der Waals surface area contributed by atoms with Crippen molar-refractivity contribution in [3.63, 3.8) is 0 Å². The van der Waals surface area contributed by atoms with Crippen molar-refractivity contribution in [2.75, 3.05) is 7.11 Å². The zero-order chi connectivity index (χ0) is 11.5. The minimum atomic E-state index is -0.562. The first-order valence-electron chi connectivity index (χ1n) is 4.54. The molecule has 1 aromatic heterocycles. The number of imidazole rings is 1. The number of hydrogen-bond acceptors (Lipinski definition) is 4. The van der Waals surface area contributed by atoms with Gasteiger partial charge in [0.15, 0.2) is 0 Å². The van der Waals surface area contributed by atoms with Crippen molar-refractivity contribution in [1.82, 2.24) is 9.97 Å². The van der Waals surface area contributed by atoms with Crippen molar-refractivity contribution in [3.8, 4) is 17.0 Å². The van der Waals surface area contributed by atoms with E-state index in [1.165, 1.54) is 6.20 Å². The normalized spacial score (nSPS) is 10.1. The Morgan fingerprint density at radius 2 is 2.06 bits per heavy atom. The summed E-state index contributed by atoms with van der Waals surface area (Å²) in [6.45, 7) is 0. The smallest absolute Gasteiger partial charge is 0.432 e. The highest BCUT2D eigenvalue weighted by molar-refractivity contribution is 5.60.